The maximum Gasteiger partial charge on any atom is 0.0529 e. The van der Waals surface area contributed by atoms with Crippen molar-refractivity contribution in [2.45, 2.75) is 37.1 Å². The highest BCUT2D eigenvalue weighted by Gasteiger charge is 2.04. The highest BCUT2D eigenvalue weighted by molar-refractivity contribution is 9.10. The number of halogens is 1. The molecule has 0 aromatic heterocycles. The van der Waals surface area contributed by atoms with Gasteiger partial charge in [0, 0.05) is 21.2 Å². The molecule has 0 radical (unpaired) electrons. The molecular weight excluding hydrogens is 298 g/mol. The minimum atomic E-state index is -0.861. The van der Waals surface area contributed by atoms with Gasteiger partial charge in [0.1, 0.15) is 0 Å². The molecular formula is C13H20BrNOS. The second-order valence-electron chi connectivity index (χ2n) is 4.19. The first-order chi connectivity index (χ1) is 8.13. The Morgan fingerprint density at radius 1 is 1.41 bits per heavy atom. The summed E-state index contributed by atoms with van der Waals surface area (Å²) in [6, 6.07) is 8.30. The Morgan fingerprint density at radius 3 is 2.82 bits per heavy atom. The zero-order chi connectivity index (χ0) is 12.7. The Balaban J connectivity index is 2.30. The maximum atomic E-state index is 12.0. The standard InChI is InChI=1S/C13H20BrNOS/c1-11(15-2)6-3-4-9-17(16)13-8-5-7-12(14)10-13/h5,7-8,10-11,15H,3-4,6,9H2,1-2H3. The molecule has 2 unspecified atom stereocenters. The van der Waals surface area contributed by atoms with Crippen molar-refractivity contribution in [1.82, 2.24) is 5.32 Å². The maximum absolute atomic E-state index is 12.0. The van der Waals surface area contributed by atoms with E-state index in [1.165, 1.54) is 0 Å². The predicted octanol–water partition coefficient (Wildman–Crippen LogP) is 3.33. The summed E-state index contributed by atoms with van der Waals surface area (Å²) >= 11 is 3.40. The van der Waals surface area contributed by atoms with Crippen molar-refractivity contribution < 1.29 is 4.21 Å². The van der Waals surface area contributed by atoms with E-state index in [2.05, 4.69) is 28.2 Å². The molecule has 17 heavy (non-hydrogen) atoms. The second-order valence-corrected chi connectivity index (χ2v) is 6.68. The van der Waals surface area contributed by atoms with E-state index in [4.69, 9.17) is 0 Å². The van der Waals surface area contributed by atoms with Crippen LogP contribution in [0.2, 0.25) is 0 Å². The van der Waals surface area contributed by atoms with Crippen LogP contribution in [0.3, 0.4) is 0 Å². The summed E-state index contributed by atoms with van der Waals surface area (Å²) < 4.78 is 13.0. The van der Waals surface area contributed by atoms with E-state index < -0.39 is 10.8 Å². The lowest BCUT2D eigenvalue weighted by molar-refractivity contribution is 0.537. The number of hydrogen-bond acceptors (Lipinski definition) is 2. The van der Waals surface area contributed by atoms with Crippen LogP contribution in [0.5, 0.6) is 0 Å². The molecule has 1 N–H and O–H groups in total. The Bertz CT molecular complexity index is 370. The van der Waals surface area contributed by atoms with Crippen LogP contribution in [-0.2, 0) is 10.8 Å². The normalized spacial score (nSPS) is 14.5. The third-order valence-electron chi connectivity index (χ3n) is 2.77. The molecule has 0 saturated carbocycles. The molecule has 1 aromatic rings. The van der Waals surface area contributed by atoms with E-state index in [9.17, 15) is 4.21 Å². The summed E-state index contributed by atoms with van der Waals surface area (Å²) in [6.45, 7) is 2.17. The summed E-state index contributed by atoms with van der Waals surface area (Å²) in [6.07, 6.45) is 3.29. The zero-order valence-corrected chi connectivity index (χ0v) is 12.8. The van der Waals surface area contributed by atoms with E-state index in [0.717, 1.165) is 34.4 Å². The van der Waals surface area contributed by atoms with Gasteiger partial charge >= 0.3 is 0 Å². The molecule has 0 aliphatic rings. The molecule has 0 saturated heterocycles. The summed E-state index contributed by atoms with van der Waals surface area (Å²) in [5.41, 5.74) is 0. The number of benzene rings is 1. The summed E-state index contributed by atoms with van der Waals surface area (Å²) in [5.74, 6) is 0.757. The van der Waals surface area contributed by atoms with Crippen LogP contribution in [0, 0.1) is 0 Å². The third-order valence-corrected chi connectivity index (χ3v) is 4.70. The van der Waals surface area contributed by atoms with E-state index in [1.54, 1.807) is 0 Å². The minimum Gasteiger partial charge on any atom is -0.317 e. The van der Waals surface area contributed by atoms with Gasteiger partial charge in [0.15, 0.2) is 0 Å². The Hall–Kier alpha value is -0.190. The fourth-order valence-electron chi connectivity index (χ4n) is 1.55. The molecule has 0 aliphatic heterocycles. The van der Waals surface area contributed by atoms with E-state index in [-0.39, 0.29) is 0 Å². The van der Waals surface area contributed by atoms with Crippen LogP contribution in [0.15, 0.2) is 33.6 Å². The van der Waals surface area contributed by atoms with Gasteiger partial charge in [0.25, 0.3) is 0 Å². The first-order valence-electron chi connectivity index (χ1n) is 5.94. The fourth-order valence-corrected chi connectivity index (χ4v) is 3.30. The monoisotopic (exact) mass is 317 g/mol. The summed E-state index contributed by atoms with van der Waals surface area (Å²) in [4.78, 5) is 0.918. The molecule has 0 amide bonds. The van der Waals surface area contributed by atoms with Crippen LogP contribution >= 0.6 is 15.9 Å². The lowest BCUT2D eigenvalue weighted by atomic mass is 10.1. The molecule has 96 valence electrons. The Morgan fingerprint density at radius 2 is 2.18 bits per heavy atom. The van der Waals surface area contributed by atoms with Crippen LogP contribution in [-0.4, -0.2) is 23.1 Å². The average Bonchev–Trinajstić information content (AvgIpc) is 2.34. The second kappa shape index (κ2) is 8.01. The molecule has 2 nitrogen and oxygen atoms in total. The Labute approximate surface area is 115 Å². The van der Waals surface area contributed by atoms with Gasteiger partial charge < -0.3 is 5.32 Å². The lowest BCUT2D eigenvalue weighted by Gasteiger charge is -2.09. The van der Waals surface area contributed by atoms with Crippen molar-refractivity contribution >= 4 is 26.7 Å². The van der Waals surface area contributed by atoms with Crippen LogP contribution in [0.25, 0.3) is 0 Å². The van der Waals surface area contributed by atoms with Crippen molar-refractivity contribution in [2.24, 2.45) is 0 Å². The van der Waals surface area contributed by atoms with Gasteiger partial charge in [-0.25, -0.2) is 0 Å². The summed E-state index contributed by atoms with van der Waals surface area (Å²) in [7, 11) is 1.12. The molecule has 2 atom stereocenters. The molecule has 0 fully saturated rings. The van der Waals surface area contributed by atoms with Crippen molar-refractivity contribution in [2.75, 3.05) is 12.8 Å². The molecule has 4 heteroatoms. The van der Waals surface area contributed by atoms with Gasteiger partial charge in [-0.15, -0.1) is 0 Å². The fraction of sp³-hybridized carbons (Fsp3) is 0.538. The third kappa shape index (κ3) is 5.80. The number of rotatable bonds is 7. The number of unbranched alkanes of at least 4 members (excludes halogenated alkanes) is 1. The Kier molecular flexibility index (Phi) is 7.00. The van der Waals surface area contributed by atoms with Crippen molar-refractivity contribution in [1.29, 1.82) is 0 Å². The molecule has 1 aromatic carbocycles. The van der Waals surface area contributed by atoms with Crippen molar-refractivity contribution in [3.63, 3.8) is 0 Å². The first kappa shape index (κ1) is 14.9. The largest absolute Gasteiger partial charge is 0.317 e. The highest BCUT2D eigenvalue weighted by Crippen LogP contribution is 2.15. The molecule has 1 rings (SSSR count). The first-order valence-corrected chi connectivity index (χ1v) is 8.06. The van der Waals surface area contributed by atoms with Crippen LogP contribution in [0.1, 0.15) is 26.2 Å². The van der Waals surface area contributed by atoms with Gasteiger partial charge in [-0.2, -0.15) is 0 Å². The lowest BCUT2D eigenvalue weighted by Crippen LogP contribution is -2.20. The molecule has 0 bridgehead atoms. The number of hydrogen-bond donors (Lipinski definition) is 1. The molecule has 0 aliphatic carbocycles. The quantitative estimate of drug-likeness (QED) is 0.781. The highest BCUT2D eigenvalue weighted by atomic mass is 79.9. The van der Waals surface area contributed by atoms with Gasteiger partial charge in [-0.05, 0) is 45.0 Å². The minimum absolute atomic E-state index is 0.550. The summed E-state index contributed by atoms with van der Waals surface area (Å²) in [5, 5.41) is 3.21. The zero-order valence-electron chi connectivity index (χ0n) is 10.4. The van der Waals surface area contributed by atoms with Crippen LogP contribution < -0.4 is 5.32 Å². The van der Waals surface area contributed by atoms with E-state index in [1.807, 2.05) is 31.3 Å². The van der Waals surface area contributed by atoms with Gasteiger partial charge in [0.2, 0.25) is 0 Å². The predicted molar refractivity (Wildman–Crippen MR) is 77.8 cm³/mol. The SMILES string of the molecule is CNC(C)CCCCS(=O)c1cccc(Br)c1. The van der Waals surface area contributed by atoms with E-state index >= 15 is 0 Å². The van der Waals surface area contributed by atoms with Gasteiger partial charge in [-0.1, -0.05) is 28.4 Å². The van der Waals surface area contributed by atoms with Gasteiger partial charge in [0.05, 0.1) is 10.8 Å². The topological polar surface area (TPSA) is 29.1 Å². The average molecular weight is 318 g/mol. The van der Waals surface area contributed by atoms with Crippen molar-refractivity contribution in [3.8, 4) is 0 Å². The number of nitrogens with one attached hydrogen (secondary N) is 1. The van der Waals surface area contributed by atoms with E-state index in [0.29, 0.717) is 6.04 Å². The van der Waals surface area contributed by atoms with Gasteiger partial charge in [-0.3, -0.25) is 4.21 Å². The molecule has 0 spiro atoms. The van der Waals surface area contributed by atoms with Crippen molar-refractivity contribution in [3.05, 3.63) is 28.7 Å². The van der Waals surface area contributed by atoms with Crippen LogP contribution in [0.4, 0.5) is 0 Å². The smallest absolute Gasteiger partial charge is 0.0529 e. The molecule has 0 heterocycles.